The van der Waals surface area contributed by atoms with Gasteiger partial charge in [0.1, 0.15) is 5.75 Å². The Morgan fingerprint density at radius 1 is 1.24 bits per heavy atom. The molecule has 0 amide bonds. The molecule has 0 aliphatic rings. The van der Waals surface area contributed by atoms with Crippen LogP contribution in [-0.2, 0) is 9.47 Å². The molecule has 0 saturated carbocycles. The second kappa shape index (κ2) is 7.98. The topological polar surface area (TPSA) is 77.8 Å². The van der Waals surface area contributed by atoms with Crippen LogP contribution in [0.4, 0.5) is 0 Å². The van der Waals surface area contributed by atoms with E-state index in [2.05, 4.69) is 0 Å². The van der Waals surface area contributed by atoms with E-state index < -0.39 is 5.97 Å². The van der Waals surface area contributed by atoms with Gasteiger partial charge < -0.3 is 19.1 Å². The molecule has 1 aromatic heterocycles. The summed E-state index contributed by atoms with van der Waals surface area (Å²) in [7, 11) is 1.64. The lowest BCUT2D eigenvalue weighted by molar-refractivity contribution is 0.0474. The van der Waals surface area contributed by atoms with Crippen molar-refractivity contribution < 1.29 is 24.2 Å². The van der Waals surface area contributed by atoms with Crippen LogP contribution in [0, 0.1) is 13.8 Å². The van der Waals surface area contributed by atoms with Crippen LogP contribution in [0.5, 0.6) is 5.75 Å². The first kappa shape index (κ1) is 18.7. The molecule has 0 saturated heterocycles. The van der Waals surface area contributed by atoms with Crippen molar-refractivity contribution in [3.8, 4) is 5.75 Å². The van der Waals surface area contributed by atoms with E-state index in [0.717, 1.165) is 11.4 Å². The summed E-state index contributed by atoms with van der Waals surface area (Å²) in [4.78, 5) is 24.4. The average Bonchev–Trinajstić information content (AvgIpc) is 2.87. The number of esters is 1. The number of hydrogen-bond donors (Lipinski definition) is 1. The number of benzene rings is 1. The monoisotopic (exact) mass is 345 g/mol. The van der Waals surface area contributed by atoms with Crippen LogP contribution in [0.15, 0.2) is 30.3 Å². The van der Waals surface area contributed by atoms with E-state index in [1.165, 1.54) is 18.2 Å². The van der Waals surface area contributed by atoms with E-state index >= 15 is 0 Å². The van der Waals surface area contributed by atoms with E-state index in [1.807, 2.05) is 25.3 Å². The zero-order valence-corrected chi connectivity index (χ0v) is 14.9. The number of phenols is 1. The average molecular weight is 345 g/mol. The van der Waals surface area contributed by atoms with E-state index in [0.29, 0.717) is 12.2 Å². The molecule has 1 heterocycles. The summed E-state index contributed by atoms with van der Waals surface area (Å²) in [5, 5.41) is 9.40. The predicted octanol–water partition coefficient (Wildman–Crippen LogP) is 3.06. The van der Waals surface area contributed by atoms with Gasteiger partial charge in [-0.25, -0.2) is 4.79 Å². The molecule has 0 fully saturated rings. The minimum Gasteiger partial charge on any atom is -0.508 e. The van der Waals surface area contributed by atoms with Crippen LogP contribution in [0.3, 0.4) is 0 Å². The number of aromatic hydroxyl groups is 1. The minimum absolute atomic E-state index is 0.0311. The fourth-order valence-corrected chi connectivity index (χ4v) is 2.98. The Hall–Kier alpha value is -2.60. The molecule has 6 heteroatoms. The van der Waals surface area contributed by atoms with Gasteiger partial charge in [-0.2, -0.15) is 0 Å². The van der Waals surface area contributed by atoms with Gasteiger partial charge in [-0.1, -0.05) is 6.07 Å². The lowest BCUT2D eigenvalue weighted by atomic mass is 10.1. The fourth-order valence-electron chi connectivity index (χ4n) is 2.98. The number of hydrogen-bond acceptors (Lipinski definition) is 5. The lowest BCUT2D eigenvalue weighted by Crippen LogP contribution is -2.17. The molecule has 134 valence electrons. The van der Waals surface area contributed by atoms with Gasteiger partial charge in [0.2, 0.25) is 5.78 Å². The molecule has 1 N–H and O–H groups in total. The number of phenolic OH excluding ortho intramolecular Hbond substituents is 1. The van der Waals surface area contributed by atoms with E-state index in [4.69, 9.17) is 9.47 Å². The smallest absolute Gasteiger partial charge is 0.338 e. The second-order valence-electron chi connectivity index (χ2n) is 6.01. The molecular weight excluding hydrogens is 322 g/mol. The van der Waals surface area contributed by atoms with Crippen LogP contribution in [0.25, 0.3) is 0 Å². The van der Waals surface area contributed by atoms with E-state index in [9.17, 15) is 14.7 Å². The molecule has 0 bridgehead atoms. The zero-order valence-electron chi connectivity index (χ0n) is 14.9. The highest BCUT2D eigenvalue weighted by Gasteiger charge is 2.20. The molecule has 25 heavy (non-hydrogen) atoms. The maximum atomic E-state index is 12.4. The Kier molecular flexibility index (Phi) is 5.98. The van der Waals surface area contributed by atoms with Crippen molar-refractivity contribution in [3.63, 3.8) is 0 Å². The molecular formula is C19H23NO5. The van der Waals surface area contributed by atoms with Crippen molar-refractivity contribution in [2.75, 3.05) is 20.3 Å². The second-order valence-corrected chi connectivity index (χ2v) is 6.01. The number of nitrogens with zero attached hydrogens (tertiary/aromatic N) is 1. The number of aryl methyl sites for hydroxylation is 1. The van der Waals surface area contributed by atoms with Crippen molar-refractivity contribution >= 4 is 11.8 Å². The minimum atomic E-state index is -0.647. The van der Waals surface area contributed by atoms with Crippen molar-refractivity contribution in [3.05, 3.63) is 52.8 Å². The summed E-state index contributed by atoms with van der Waals surface area (Å²) < 4.78 is 12.3. The zero-order chi connectivity index (χ0) is 18.6. The fraction of sp³-hybridized carbons (Fsp3) is 0.368. The van der Waals surface area contributed by atoms with Crippen molar-refractivity contribution in [1.29, 1.82) is 0 Å². The first-order chi connectivity index (χ1) is 11.8. The summed E-state index contributed by atoms with van der Waals surface area (Å²) in [6.07, 6.45) is 0. The molecule has 0 aliphatic carbocycles. The number of ketones is 1. The third kappa shape index (κ3) is 4.28. The number of methoxy groups -OCH3 is 1. The van der Waals surface area contributed by atoms with Crippen LogP contribution in [-0.4, -0.2) is 41.7 Å². The number of carbonyl (C=O) groups is 2. The first-order valence-electron chi connectivity index (χ1n) is 8.01. The number of rotatable bonds is 7. The predicted molar refractivity (Wildman–Crippen MR) is 93.2 cm³/mol. The molecule has 2 aromatic rings. The summed E-state index contributed by atoms with van der Waals surface area (Å²) in [6, 6.07) is 7.71. The Morgan fingerprint density at radius 3 is 2.60 bits per heavy atom. The summed E-state index contributed by atoms with van der Waals surface area (Å²) in [5.74, 6) is -0.945. The molecule has 1 atom stereocenters. The lowest BCUT2D eigenvalue weighted by Gasteiger charge is -2.17. The van der Waals surface area contributed by atoms with Crippen LogP contribution in [0.2, 0.25) is 0 Å². The summed E-state index contributed by atoms with van der Waals surface area (Å²) in [6.45, 7) is 5.99. The van der Waals surface area contributed by atoms with Gasteiger partial charge in [-0.15, -0.1) is 0 Å². The van der Waals surface area contributed by atoms with Crippen molar-refractivity contribution in [2.45, 2.75) is 26.8 Å². The molecule has 1 aromatic carbocycles. The standard InChI is InChI=1S/C19H23NO5/c1-12-8-17(14(3)20(12)13(2)10-24-4)18(22)11-25-19(23)15-6-5-7-16(21)9-15/h5-9,13,21H,10-11H2,1-4H3/t13-/m1/s1. The molecule has 0 radical (unpaired) electrons. The van der Waals surface area contributed by atoms with Gasteiger partial charge in [0.25, 0.3) is 0 Å². The van der Waals surface area contributed by atoms with Gasteiger partial charge in [-0.3, -0.25) is 4.79 Å². The molecule has 0 aliphatic heterocycles. The molecule has 6 nitrogen and oxygen atoms in total. The first-order valence-corrected chi connectivity index (χ1v) is 8.01. The van der Waals surface area contributed by atoms with E-state index in [1.54, 1.807) is 19.2 Å². The number of aromatic nitrogens is 1. The van der Waals surface area contributed by atoms with Crippen LogP contribution >= 0.6 is 0 Å². The normalized spacial score (nSPS) is 12.0. The Balaban J connectivity index is 2.09. The molecule has 2 rings (SSSR count). The SMILES string of the molecule is COC[C@@H](C)n1c(C)cc(C(=O)COC(=O)c2cccc(O)c2)c1C. The number of Topliss-reactive ketones (excluding diaryl/α,β-unsaturated/α-hetero) is 1. The van der Waals surface area contributed by atoms with E-state index in [-0.39, 0.29) is 29.7 Å². The van der Waals surface area contributed by atoms with Crippen LogP contribution < -0.4 is 0 Å². The Morgan fingerprint density at radius 2 is 1.96 bits per heavy atom. The third-order valence-corrected chi connectivity index (χ3v) is 4.05. The van der Waals surface area contributed by atoms with Crippen LogP contribution in [0.1, 0.15) is 45.1 Å². The van der Waals surface area contributed by atoms with Crippen molar-refractivity contribution in [2.24, 2.45) is 0 Å². The molecule has 0 unspecified atom stereocenters. The highest BCUT2D eigenvalue weighted by atomic mass is 16.5. The maximum absolute atomic E-state index is 12.4. The number of carbonyl (C=O) groups excluding carboxylic acids is 2. The summed E-state index contributed by atoms with van der Waals surface area (Å²) >= 11 is 0. The molecule has 0 spiro atoms. The van der Waals surface area contributed by atoms with Gasteiger partial charge in [0, 0.05) is 24.1 Å². The van der Waals surface area contributed by atoms with Gasteiger partial charge in [-0.05, 0) is 45.0 Å². The van der Waals surface area contributed by atoms with Gasteiger partial charge in [0.05, 0.1) is 18.2 Å². The summed E-state index contributed by atoms with van der Waals surface area (Å²) in [5.41, 5.74) is 2.50. The highest BCUT2D eigenvalue weighted by Crippen LogP contribution is 2.21. The Bertz CT molecular complexity index is 778. The Labute approximate surface area is 147 Å². The quantitative estimate of drug-likeness (QED) is 0.616. The highest BCUT2D eigenvalue weighted by molar-refractivity contribution is 6.00. The van der Waals surface area contributed by atoms with Gasteiger partial charge in [0.15, 0.2) is 6.61 Å². The number of ether oxygens (including phenoxy) is 2. The largest absolute Gasteiger partial charge is 0.508 e. The third-order valence-electron chi connectivity index (χ3n) is 4.05. The van der Waals surface area contributed by atoms with Gasteiger partial charge >= 0.3 is 5.97 Å². The maximum Gasteiger partial charge on any atom is 0.338 e. The van der Waals surface area contributed by atoms with Crippen molar-refractivity contribution in [1.82, 2.24) is 4.57 Å².